The van der Waals surface area contributed by atoms with Gasteiger partial charge in [0.25, 0.3) is 0 Å². The predicted octanol–water partition coefficient (Wildman–Crippen LogP) is 4.47. The smallest absolute Gasteiger partial charge is 0.160 e. The Bertz CT molecular complexity index is 479. The van der Waals surface area contributed by atoms with E-state index in [1.54, 1.807) is 11.8 Å². The maximum absolute atomic E-state index is 10.5. The highest BCUT2D eigenvalue weighted by Crippen LogP contribution is 2.33. The van der Waals surface area contributed by atoms with E-state index in [4.69, 9.17) is 0 Å². The summed E-state index contributed by atoms with van der Waals surface area (Å²) in [4.78, 5) is 12.5. The first kappa shape index (κ1) is 10.9. The van der Waals surface area contributed by atoms with Crippen molar-refractivity contribution in [3.05, 3.63) is 45.7 Å². The van der Waals surface area contributed by atoms with Gasteiger partial charge >= 0.3 is 0 Å². The van der Waals surface area contributed by atoms with Crippen molar-refractivity contribution in [3.8, 4) is 0 Å². The van der Waals surface area contributed by atoms with Crippen LogP contribution in [0.25, 0.3) is 0 Å². The molecule has 1 aromatic heterocycles. The molecule has 0 atom stereocenters. The molecule has 0 spiro atoms. The number of carbonyl (C=O) groups is 1. The predicted molar refractivity (Wildman–Crippen MR) is 68.0 cm³/mol. The first-order valence-electron chi connectivity index (χ1n) is 4.26. The van der Waals surface area contributed by atoms with E-state index in [0.29, 0.717) is 0 Å². The van der Waals surface area contributed by atoms with E-state index in [0.717, 1.165) is 19.8 Å². The molecule has 0 saturated heterocycles. The van der Waals surface area contributed by atoms with E-state index < -0.39 is 0 Å². The van der Waals surface area contributed by atoms with Gasteiger partial charge in [0.1, 0.15) is 0 Å². The number of hydrogen-bond acceptors (Lipinski definition) is 3. The van der Waals surface area contributed by atoms with Crippen molar-refractivity contribution in [2.45, 2.75) is 9.10 Å². The summed E-state index contributed by atoms with van der Waals surface area (Å²) in [6.45, 7) is 0. The molecule has 1 nitrogen and oxygen atoms in total. The first-order valence-corrected chi connectivity index (χ1v) is 6.69. The highest BCUT2D eigenvalue weighted by atomic mass is 79.9. The summed E-state index contributed by atoms with van der Waals surface area (Å²) in [7, 11) is 0. The normalized spacial score (nSPS) is 10.2. The third kappa shape index (κ3) is 2.93. The van der Waals surface area contributed by atoms with Crippen molar-refractivity contribution in [2.75, 3.05) is 0 Å². The second-order valence-electron chi connectivity index (χ2n) is 2.83. The van der Waals surface area contributed by atoms with Gasteiger partial charge < -0.3 is 0 Å². The Morgan fingerprint density at radius 2 is 2.13 bits per heavy atom. The van der Waals surface area contributed by atoms with E-state index in [1.165, 1.54) is 16.2 Å². The Morgan fingerprint density at radius 3 is 2.80 bits per heavy atom. The second-order valence-corrected chi connectivity index (χ2v) is 6.24. The number of carbonyl (C=O) groups excluding carboxylic acids is 1. The van der Waals surface area contributed by atoms with Crippen LogP contribution in [0.3, 0.4) is 0 Å². The van der Waals surface area contributed by atoms with Crippen LogP contribution in [0.1, 0.15) is 9.67 Å². The van der Waals surface area contributed by atoms with Crippen LogP contribution in [0, 0.1) is 0 Å². The maximum Gasteiger partial charge on any atom is 0.160 e. The Kier molecular flexibility index (Phi) is 3.61. The second kappa shape index (κ2) is 4.96. The molecule has 0 radical (unpaired) electrons. The third-order valence-corrected chi connectivity index (χ3v) is 4.36. The molecule has 4 heteroatoms. The average molecular weight is 299 g/mol. The van der Waals surface area contributed by atoms with Crippen LogP contribution in [0.15, 0.2) is 50.0 Å². The zero-order valence-corrected chi connectivity index (χ0v) is 10.9. The highest BCUT2D eigenvalue weighted by molar-refractivity contribution is 9.10. The van der Waals surface area contributed by atoms with Crippen LogP contribution in [-0.2, 0) is 0 Å². The van der Waals surface area contributed by atoms with Gasteiger partial charge in [0.05, 0.1) is 9.09 Å². The highest BCUT2D eigenvalue weighted by Gasteiger charge is 2.01. The molecule has 76 valence electrons. The summed E-state index contributed by atoms with van der Waals surface area (Å²) in [5.74, 6) is 0. The fraction of sp³-hybridized carbons (Fsp3) is 0. The SMILES string of the molecule is O=Cc1ccc(Sc2cccc(Br)c2)s1. The van der Waals surface area contributed by atoms with Crippen molar-refractivity contribution in [2.24, 2.45) is 0 Å². The van der Waals surface area contributed by atoms with E-state index in [-0.39, 0.29) is 0 Å². The van der Waals surface area contributed by atoms with Gasteiger partial charge in [0.15, 0.2) is 6.29 Å². The molecule has 0 unspecified atom stereocenters. The number of halogens is 1. The van der Waals surface area contributed by atoms with Crippen LogP contribution in [0.4, 0.5) is 0 Å². The third-order valence-electron chi connectivity index (χ3n) is 1.73. The quantitative estimate of drug-likeness (QED) is 0.778. The molecular weight excluding hydrogens is 292 g/mol. The molecule has 2 rings (SSSR count). The van der Waals surface area contributed by atoms with Gasteiger partial charge in [0, 0.05) is 9.37 Å². The number of aldehydes is 1. The molecule has 0 aliphatic heterocycles. The monoisotopic (exact) mass is 298 g/mol. The molecule has 0 amide bonds. The van der Waals surface area contributed by atoms with Crippen molar-refractivity contribution in [1.82, 2.24) is 0 Å². The minimum atomic E-state index is 0.771. The summed E-state index contributed by atoms with van der Waals surface area (Å²) >= 11 is 6.61. The van der Waals surface area contributed by atoms with Crippen LogP contribution in [0.2, 0.25) is 0 Å². The first-order chi connectivity index (χ1) is 7.28. The van der Waals surface area contributed by atoms with Crippen LogP contribution < -0.4 is 0 Å². The molecule has 1 aromatic carbocycles. The molecular formula is C11H7BrOS2. The fourth-order valence-corrected chi connectivity index (χ4v) is 3.65. The molecule has 1 heterocycles. The maximum atomic E-state index is 10.5. The van der Waals surface area contributed by atoms with E-state index >= 15 is 0 Å². The lowest BCUT2D eigenvalue weighted by molar-refractivity contribution is 0.112. The Balaban J connectivity index is 2.18. The largest absolute Gasteiger partial charge is 0.297 e. The molecule has 0 bridgehead atoms. The zero-order chi connectivity index (χ0) is 10.7. The molecule has 0 saturated carbocycles. The van der Waals surface area contributed by atoms with Crippen molar-refractivity contribution in [3.63, 3.8) is 0 Å². The number of rotatable bonds is 3. The number of thiophene rings is 1. The van der Waals surface area contributed by atoms with E-state index in [2.05, 4.69) is 28.1 Å². The van der Waals surface area contributed by atoms with Gasteiger partial charge in [-0.3, -0.25) is 4.79 Å². The number of benzene rings is 1. The Hall–Kier alpha value is -0.580. The summed E-state index contributed by atoms with van der Waals surface area (Å²) < 4.78 is 2.20. The molecule has 0 fully saturated rings. The van der Waals surface area contributed by atoms with Crippen molar-refractivity contribution >= 4 is 45.3 Å². The lowest BCUT2D eigenvalue weighted by atomic mass is 10.4. The standard InChI is InChI=1S/C11H7BrOS2/c12-8-2-1-3-9(6-8)14-11-5-4-10(7-13)15-11/h1-7H. The van der Waals surface area contributed by atoms with Gasteiger partial charge in [0.2, 0.25) is 0 Å². The van der Waals surface area contributed by atoms with Gasteiger partial charge in [-0.05, 0) is 30.3 Å². The molecule has 15 heavy (non-hydrogen) atoms. The van der Waals surface area contributed by atoms with E-state index in [9.17, 15) is 4.79 Å². The lowest BCUT2D eigenvalue weighted by Gasteiger charge is -1.98. The average Bonchev–Trinajstić information content (AvgIpc) is 2.65. The van der Waals surface area contributed by atoms with Crippen LogP contribution in [-0.4, -0.2) is 6.29 Å². The zero-order valence-electron chi connectivity index (χ0n) is 7.64. The molecule has 0 N–H and O–H groups in total. The Labute approximate surface area is 105 Å². The number of hydrogen-bond donors (Lipinski definition) is 0. The molecule has 2 aromatic rings. The van der Waals surface area contributed by atoms with Gasteiger partial charge in [-0.2, -0.15) is 0 Å². The fourth-order valence-electron chi connectivity index (χ4n) is 1.10. The molecule has 0 aliphatic carbocycles. The van der Waals surface area contributed by atoms with E-state index in [1.807, 2.05) is 24.3 Å². The summed E-state index contributed by atoms with van der Waals surface area (Å²) in [6.07, 6.45) is 0.885. The summed E-state index contributed by atoms with van der Waals surface area (Å²) in [6, 6.07) is 11.9. The van der Waals surface area contributed by atoms with Crippen molar-refractivity contribution in [1.29, 1.82) is 0 Å². The van der Waals surface area contributed by atoms with Gasteiger partial charge in [-0.15, -0.1) is 11.3 Å². The van der Waals surface area contributed by atoms with Crippen molar-refractivity contribution < 1.29 is 4.79 Å². The minimum absolute atomic E-state index is 0.771. The summed E-state index contributed by atoms with van der Waals surface area (Å²) in [5, 5.41) is 0. The van der Waals surface area contributed by atoms with Crippen LogP contribution >= 0.6 is 39.0 Å². The van der Waals surface area contributed by atoms with Gasteiger partial charge in [-0.25, -0.2) is 0 Å². The Morgan fingerprint density at radius 1 is 1.27 bits per heavy atom. The lowest BCUT2D eigenvalue weighted by Crippen LogP contribution is -1.69. The minimum Gasteiger partial charge on any atom is -0.297 e. The topological polar surface area (TPSA) is 17.1 Å². The summed E-state index contributed by atoms with van der Waals surface area (Å²) in [5.41, 5.74) is 0. The molecule has 0 aliphatic rings. The van der Waals surface area contributed by atoms with Gasteiger partial charge in [-0.1, -0.05) is 33.8 Å². The van der Waals surface area contributed by atoms with Crippen LogP contribution in [0.5, 0.6) is 0 Å².